The van der Waals surface area contributed by atoms with Crippen molar-refractivity contribution in [1.82, 2.24) is 0 Å². The predicted octanol–water partition coefficient (Wildman–Crippen LogP) is -0.617. The summed E-state index contributed by atoms with van der Waals surface area (Å²) in [4.78, 5) is 0. The Hall–Kier alpha value is -0.530. The zero-order valence-electron chi connectivity index (χ0n) is 5.92. The summed E-state index contributed by atoms with van der Waals surface area (Å²) in [6.45, 7) is 1.78. The van der Waals surface area contributed by atoms with Crippen LogP contribution in [0.4, 0.5) is 0 Å². The molecule has 0 aromatic rings. The molecule has 0 unspecified atom stereocenters. The fraction of sp³-hybridized carbons (Fsp3) is 0.667. The minimum Gasteiger partial charge on any atom is -0.329 e. The van der Waals surface area contributed by atoms with Gasteiger partial charge in [0, 0.05) is 6.54 Å². The van der Waals surface area contributed by atoms with E-state index in [0.717, 1.165) is 0 Å². The van der Waals surface area contributed by atoms with Gasteiger partial charge in [0.25, 0.3) is 0 Å². The summed E-state index contributed by atoms with van der Waals surface area (Å²) >= 11 is 0. The van der Waals surface area contributed by atoms with E-state index < -0.39 is 9.84 Å². The second-order valence-electron chi connectivity index (χ2n) is 1.81. The van der Waals surface area contributed by atoms with Crippen molar-refractivity contribution in [3.63, 3.8) is 0 Å². The van der Waals surface area contributed by atoms with Crippen LogP contribution >= 0.6 is 0 Å². The number of hydrogen-bond acceptors (Lipinski definition) is 3. The normalized spacial score (nSPS) is 10.2. The summed E-state index contributed by atoms with van der Waals surface area (Å²) in [5, 5.41) is 0. The third-order valence-corrected chi connectivity index (χ3v) is 2.34. The lowest BCUT2D eigenvalue weighted by molar-refractivity contribution is 0.599. The molecule has 0 aromatic carbocycles. The van der Waals surface area contributed by atoms with Crippen LogP contribution in [0.2, 0.25) is 0 Å². The van der Waals surface area contributed by atoms with Crippen LogP contribution in [0.25, 0.3) is 0 Å². The van der Waals surface area contributed by atoms with Gasteiger partial charge in [-0.25, -0.2) is 8.42 Å². The minimum atomic E-state index is -2.99. The van der Waals surface area contributed by atoms with Crippen molar-refractivity contribution in [2.45, 2.75) is 6.92 Å². The first-order valence-corrected chi connectivity index (χ1v) is 4.74. The summed E-state index contributed by atoms with van der Waals surface area (Å²) in [6.07, 6.45) is 0. The highest BCUT2D eigenvalue weighted by molar-refractivity contribution is 7.91. The maximum Gasteiger partial charge on any atom is 0.162 e. The summed E-state index contributed by atoms with van der Waals surface area (Å²) in [7, 11) is -2.99. The van der Waals surface area contributed by atoms with Crippen molar-refractivity contribution in [3.05, 3.63) is 0 Å². The second-order valence-corrected chi connectivity index (χ2v) is 3.99. The lowest BCUT2D eigenvalue weighted by Gasteiger charge is -1.93. The van der Waals surface area contributed by atoms with Gasteiger partial charge in [-0.05, 0) is 6.92 Å². The van der Waals surface area contributed by atoms with E-state index in [9.17, 15) is 8.42 Å². The van der Waals surface area contributed by atoms with Gasteiger partial charge in [0.1, 0.15) is 5.75 Å². The Morgan fingerprint density at radius 1 is 1.50 bits per heavy atom. The molecule has 0 radical (unpaired) electrons. The van der Waals surface area contributed by atoms with Crippen LogP contribution in [-0.4, -0.2) is 26.5 Å². The summed E-state index contributed by atoms with van der Waals surface area (Å²) in [5.41, 5.74) is 5.06. The molecule has 3 nitrogen and oxygen atoms in total. The fourth-order valence-electron chi connectivity index (χ4n) is 0.434. The van der Waals surface area contributed by atoms with Gasteiger partial charge in [0.2, 0.25) is 0 Å². The topological polar surface area (TPSA) is 60.2 Å². The zero-order valence-corrected chi connectivity index (χ0v) is 6.74. The molecule has 10 heavy (non-hydrogen) atoms. The third-order valence-electron chi connectivity index (χ3n) is 0.898. The number of rotatable bonds is 3. The molecule has 2 N–H and O–H groups in total. The van der Waals surface area contributed by atoms with Crippen LogP contribution in [0.15, 0.2) is 0 Å². The largest absolute Gasteiger partial charge is 0.329 e. The quantitative estimate of drug-likeness (QED) is 0.561. The summed E-state index contributed by atoms with van der Waals surface area (Å²) < 4.78 is 21.6. The van der Waals surface area contributed by atoms with Gasteiger partial charge < -0.3 is 5.73 Å². The Morgan fingerprint density at radius 3 is 2.50 bits per heavy atom. The Kier molecular flexibility index (Phi) is 4.08. The molecular formula is C6H11NO2S. The lowest BCUT2D eigenvalue weighted by Crippen LogP contribution is -2.17. The Labute approximate surface area is 61.5 Å². The molecule has 4 heteroatoms. The number of hydrogen-bond donors (Lipinski definition) is 1. The van der Waals surface area contributed by atoms with E-state index in [4.69, 9.17) is 5.73 Å². The van der Waals surface area contributed by atoms with Crippen molar-refractivity contribution < 1.29 is 8.42 Å². The molecule has 0 rings (SSSR count). The van der Waals surface area contributed by atoms with Crippen LogP contribution in [0.3, 0.4) is 0 Å². The summed E-state index contributed by atoms with van der Waals surface area (Å²) in [6, 6.07) is 0. The molecule has 0 saturated heterocycles. The molecule has 0 amide bonds. The number of sulfone groups is 1. The third kappa shape index (κ3) is 4.36. The Bertz CT molecular complexity index is 232. The van der Waals surface area contributed by atoms with Crippen molar-refractivity contribution in [2.75, 3.05) is 18.1 Å². The lowest BCUT2D eigenvalue weighted by atomic mass is 10.7. The molecule has 0 saturated carbocycles. The first-order chi connectivity index (χ1) is 4.62. The van der Waals surface area contributed by atoms with Crippen LogP contribution in [0.1, 0.15) is 6.92 Å². The van der Waals surface area contributed by atoms with Gasteiger partial charge in [-0.3, -0.25) is 0 Å². The Balaban J connectivity index is 3.97. The van der Waals surface area contributed by atoms with Gasteiger partial charge >= 0.3 is 0 Å². The van der Waals surface area contributed by atoms with Gasteiger partial charge in [-0.2, -0.15) is 0 Å². The van der Waals surface area contributed by atoms with E-state index in [1.54, 1.807) is 6.92 Å². The van der Waals surface area contributed by atoms with Gasteiger partial charge in [0.15, 0.2) is 9.84 Å². The average Bonchev–Trinajstić information content (AvgIpc) is 1.84. The summed E-state index contributed by atoms with van der Waals surface area (Å²) in [5.74, 6) is 4.95. The predicted molar refractivity (Wildman–Crippen MR) is 41.2 cm³/mol. The highest BCUT2D eigenvalue weighted by Crippen LogP contribution is 1.85. The molecule has 0 atom stereocenters. The first-order valence-electron chi connectivity index (χ1n) is 2.92. The van der Waals surface area contributed by atoms with Crippen LogP contribution < -0.4 is 5.73 Å². The second kappa shape index (κ2) is 4.31. The monoisotopic (exact) mass is 161 g/mol. The number of nitrogens with two attached hydrogens (primary N) is 1. The standard InChI is InChI=1S/C6H11NO2S/c1-2-3-5-10(8,9)6-4-7/h4-7H2,1H3. The van der Waals surface area contributed by atoms with Crippen molar-refractivity contribution in [1.29, 1.82) is 0 Å². The maximum atomic E-state index is 10.8. The molecule has 58 valence electrons. The van der Waals surface area contributed by atoms with Crippen molar-refractivity contribution in [2.24, 2.45) is 5.73 Å². The van der Waals surface area contributed by atoms with Gasteiger partial charge in [-0.15, -0.1) is 5.92 Å². The van der Waals surface area contributed by atoms with E-state index in [-0.39, 0.29) is 18.1 Å². The first kappa shape index (κ1) is 9.47. The smallest absolute Gasteiger partial charge is 0.162 e. The molecular weight excluding hydrogens is 150 g/mol. The van der Waals surface area contributed by atoms with E-state index in [1.165, 1.54) is 0 Å². The van der Waals surface area contributed by atoms with Crippen LogP contribution in [-0.2, 0) is 9.84 Å². The SMILES string of the molecule is CC#CCS(=O)(=O)CCN. The van der Waals surface area contributed by atoms with Crippen LogP contribution in [0.5, 0.6) is 0 Å². The molecule has 0 heterocycles. The minimum absolute atomic E-state index is 0.0294. The van der Waals surface area contributed by atoms with Gasteiger partial charge in [-0.1, -0.05) is 5.92 Å². The van der Waals surface area contributed by atoms with E-state index in [1.807, 2.05) is 0 Å². The van der Waals surface area contributed by atoms with Crippen molar-refractivity contribution >= 4 is 9.84 Å². The molecule has 0 aromatic heterocycles. The van der Waals surface area contributed by atoms with E-state index in [0.29, 0.717) is 0 Å². The van der Waals surface area contributed by atoms with Gasteiger partial charge in [0.05, 0.1) is 5.75 Å². The fourth-order valence-corrected chi connectivity index (χ4v) is 1.30. The molecule has 0 aliphatic carbocycles. The maximum absolute atomic E-state index is 10.8. The molecule has 0 bridgehead atoms. The zero-order chi connectivity index (χ0) is 8.04. The molecule has 0 aliphatic heterocycles. The Morgan fingerprint density at radius 2 is 2.10 bits per heavy atom. The molecule has 0 spiro atoms. The molecule has 0 fully saturated rings. The highest BCUT2D eigenvalue weighted by Gasteiger charge is 2.05. The molecule has 0 aliphatic rings. The van der Waals surface area contributed by atoms with Crippen molar-refractivity contribution in [3.8, 4) is 11.8 Å². The van der Waals surface area contributed by atoms with E-state index in [2.05, 4.69) is 11.8 Å². The highest BCUT2D eigenvalue weighted by atomic mass is 32.2. The average molecular weight is 161 g/mol. The van der Waals surface area contributed by atoms with E-state index >= 15 is 0 Å². The van der Waals surface area contributed by atoms with Crippen LogP contribution in [0, 0.1) is 11.8 Å².